The van der Waals surface area contributed by atoms with Gasteiger partial charge in [0.1, 0.15) is 5.75 Å². The number of anilines is 1. The van der Waals surface area contributed by atoms with Crippen molar-refractivity contribution in [2.75, 3.05) is 25.0 Å². The number of nitrogens with zero attached hydrogens (tertiary/aromatic N) is 1. The minimum absolute atomic E-state index is 0.0234. The first-order valence-corrected chi connectivity index (χ1v) is 11.5. The lowest BCUT2D eigenvalue weighted by atomic mass is 9.99. The monoisotopic (exact) mass is 445 g/mol. The third-order valence-corrected chi connectivity index (χ3v) is 7.08. The van der Waals surface area contributed by atoms with Crippen molar-refractivity contribution in [1.29, 1.82) is 0 Å². The summed E-state index contributed by atoms with van der Waals surface area (Å²) in [6.07, 6.45) is 1.17. The first kappa shape index (κ1) is 21.1. The molecule has 0 unspecified atom stereocenters. The predicted molar refractivity (Wildman–Crippen MR) is 115 cm³/mol. The molecule has 2 heterocycles. The number of carbonyl (C=O) groups is 1. The molecule has 0 spiro atoms. The normalized spacial score (nSPS) is 17.5. The number of nitrogens with one attached hydrogen (secondary N) is 2. The minimum Gasteiger partial charge on any atom is -0.494 e. The fraction of sp³-hybridized carbons (Fsp3) is 0.333. The Morgan fingerprint density at radius 3 is 2.77 bits per heavy atom. The van der Waals surface area contributed by atoms with Crippen LogP contribution in [0.3, 0.4) is 0 Å². The molecule has 0 saturated carbocycles. The maximum atomic E-state index is 13.1. The van der Waals surface area contributed by atoms with E-state index in [2.05, 4.69) is 10.3 Å². The van der Waals surface area contributed by atoms with Crippen molar-refractivity contribution in [2.45, 2.75) is 24.7 Å². The second kappa shape index (κ2) is 8.56. The third kappa shape index (κ3) is 4.49. The Morgan fingerprint density at radius 1 is 1.26 bits per heavy atom. The smallest absolute Gasteiger partial charge is 0.417 e. The second-order valence-electron chi connectivity index (χ2n) is 7.32. The summed E-state index contributed by atoms with van der Waals surface area (Å²) < 4.78 is 37.9. The Hall–Kier alpha value is -3.11. The largest absolute Gasteiger partial charge is 0.494 e. The van der Waals surface area contributed by atoms with Crippen LogP contribution in [0.25, 0.3) is 11.1 Å². The molecular formula is C21H23N3O6S. The topological polar surface area (TPSA) is 122 Å². The van der Waals surface area contributed by atoms with E-state index in [1.165, 1.54) is 22.5 Å². The number of carbonyl (C=O) groups excluding carboxylic acids is 1. The second-order valence-corrected chi connectivity index (χ2v) is 9.26. The van der Waals surface area contributed by atoms with Gasteiger partial charge >= 0.3 is 5.76 Å². The highest BCUT2D eigenvalue weighted by Gasteiger charge is 2.33. The van der Waals surface area contributed by atoms with E-state index >= 15 is 0 Å². The number of amides is 1. The van der Waals surface area contributed by atoms with Crippen LogP contribution in [-0.2, 0) is 14.8 Å². The SMILES string of the molecule is CCOc1ccc(NC(=O)[C@@H]2CCCN(S(=O)(=O)c3ccc4[nH]c(=O)oc4c3)C2)cc1. The summed E-state index contributed by atoms with van der Waals surface area (Å²) in [6.45, 7) is 2.86. The maximum absolute atomic E-state index is 13.1. The van der Waals surface area contributed by atoms with Gasteiger partial charge in [-0.1, -0.05) is 0 Å². The summed E-state index contributed by atoms with van der Waals surface area (Å²) in [7, 11) is -3.83. The van der Waals surface area contributed by atoms with Crippen LogP contribution >= 0.6 is 0 Å². The van der Waals surface area contributed by atoms with Crippen LogP contribution in [0.15, 0.2) is 56.6 Å². The van der Waals surface area contributed by atoms with Crippen LogP contribution < -0.4 is 15.8 Å². The molecule has 1 aliphatic rings. The maximum Gasteiger partial charge on any atom is 0.417 e. The summed E-state index contributed by atoms with van der Waals surface area (Å²) >= 11 is 0. The summed E-state index contributed by atoms with van der Waals surface area (Å²) in [5.41, 5.74) is 1.23. The van der Waals surface area contributed by atoms with Gasteiger partial charge in [0, 0.05) is 24.8 Å². The Bertz CT molecular complexity index is 1250. The number of H-pyrrole nitrogens is 1. The van der Waals surface area contributed by atoms with Crippen molar-refractivity contribution >= 4 is 32.7 Å². The molecule has 31 heavy (non-hydrogen) atoms. The first-order chi connectivity index (χ1) is 14.9. The van der Waals surface area contributed by atoms with E-state index in [0.717, 1.165) is 0 Å². The van der Waals surface area contributed by atoms with Gasteiger partial charge < -0.3 is 14.5 Å². The van der Waals surface area contributed by atoms with Crippen LogP contribution in [0.5, 0.6) is 5.75 Å². The molecule has 1 aliphatic heterocycles. The van der Waals surface area contributed by atoms with E-state index in [1.54, 1.807) is 24.3 Å². The summed E-state index contributed by atoms with van der Waals surface area (Å²) in [5.74, 6) is -0.626. The zero-order valence-electron chi connectivity index (χ0n) is 17.0. The molecule has 1 fully saturated rings. The lowest BCUT2D eigenvalue weighted by Crippen LogP contribution is -2.43. The summed E-state index contributed by atoms with van der Waals surface area (Å²) in [6, 6.07) is 11.3. The predicted octanol–water partition coefficient (Wildman–Crippen LogP) is 2.56. The molecule has 1 amide bonds. The van der Waals surface area contributed by atoms with Gasteiger partial charge in [0.2, 0.25) is 15.9 Å². The molecule has 2 N–H and O–H groups in total. The van der Waals surface area contributed by atoms with Gasteiger partial charge in [0.15, 0.2) is 5.58 Å². The van der Waals surface area contributed by atoms with Crippen molar-refractivity contribution in [3.8, 4) is 5.75 Å². The molecule has 0 bridgehead atoms. The molecule has 1 aromatic heterocycles. The quantitative estimate of drug-likeness (QED) is 0.601. The van der Waals surface area contributed by atoms with E-state index in [1.807, 2.05) is 6.92 Å². The zero-order chi connectivity index (χ0) is 22.0. The van der Waals surface area contributed by atoms with E-state index in [4.69, 9.17) is 9.15 Å². The summed E-state index contributed by atoms with van der Waals surface area (Å²) in [4.78, 5) is 26.6. The van der Waals surface area contributed by atoms with Gasteiger partial charge in [-0.25, -0.2) is 13.2 Å². The fourth-order valence-corrected chi connectivity index (χ4v) is 5.20. The number of hydrogen-bond acceptors (Lipinski definition) is 6. The number of fused-ring (bicyclic) bond motifs is 1. The fourth-order valence-electron chi connectivity index (χ4n) is 3.66. The number of benzene rings is 2. The molecule has 10 heteroatoms. The van der Waals surface area contributed by atoms with Crippen LogP contribution in [0.4, 0.5) is 5.69 Å². The van der Waals surface area contributed by atoms with E-state index in [-0.39, 0.29) is 22.9 Å². The van der Waals surface area contributed by atoms with Crippen molar-refractivity contribution in [1.82, 2.24) is 9.29 Å². The van der Waals surface area contributed by atoms with Crippen molar-refractivity contribution in [2.24, 2.45) is 5.92 Å². The van der Waals surface area contributed by atoms with Gasteiger partial charge in [-0.2, -0.15) is 4.31 Å². The zero-order valence-corrected chi connectivity index (χ0v) is 17.8. The Kier molecular flexibility index (Phi) is 5.84. The molecule has 0 radical (unpaired) electrons. The van der Waals surface area contributed by atoms with Crippen LogP contribution in [0.2, 0.25) is 0 Å². The Balaban J connectivity index is 1.47. The minimum atomic E-state index is -3.83. The van der Waals surface area contributed by atoms with E-state index in [0.29, 0.717) is 42.9 Å². The molecular weight excluding hydrogens is 422 g/mol. The van der Waals surface area contributed by atoms with Gasteiger partial charge in [0.05, 0.1) is 22.9 Å². The summed E-state index contributed by atoms with van der Waals surface area (Å²) in [5, 5.41) is 2.85. The number of aromatic amines is 1. The van der Waals surface area contributed by atoms with Crippen LogP contribution in [0, 0.1) is 5.92 Å². The number of aromatic nitrogens is 1. The highest BCUT2D eigenvalue weighted by molar-refractivity contribution is 7.89. The molecule has 1 saturated heterocycles. The number of piperidine rings is 1. The molecule has 0 aliphatic carbocycles. The lowest BCUT2D eigenvalue weighted by Gasteiger charge is -2.31. The molecule has 3 aromatic rings. The number of oxazole rings is 1. The van der Waals surface area contributed by atoms with Crippen LogP contribution in [0.1, 0.15) is 19.8 Å². The van der Waals surface area contributed by atoms with Crippen molar-refractivity contribution in [3.05, 3.63) is 53.0 Å². The number of ether oxygens (including phenoxy) is 1. The van der Waals surface area contributed by atoms with E-state index in [9.17, 15) is 18.0 Å². The highest BCUT2D eigenvalue weighted by Crippen LogP contribution is 2.26. The van der Waals surface area contributed by atoms with Crippen LogP contribution in [-0.4, -0.2) is 43.3 Å². The average molecular weight is 445 g/mol. The first-order valence-electron chi connectivity index (χ1n) is 10.0. The van der Waals surface area contributed by atoms with E-state index < -0.39 is 21.7 Å². The van der Waals surface area contributed by atoms with Gasteiger partial charge in [-0.3, -0.25) is 9.78 Å². The Labute approximate surface area is 179 Å². The standard InChI is InChI=1S/C21H23N3O6S/c1-2-29-16-7-5-15(6-8-16)22-20(25)14-4-3-11-24(13-14)31(27,28)17-9-10-18-19(12-17)30-21(26)23-18/h5-10,12,14H,2-4,11,13H2,1H3,(H,22,25)(H,23,26)/t14-/m1/s1. The number of rotatable bonds is 6. The van der Waals surface area contributed by atoms with Gasteiger partial charge in [-0.05, 0) is 56.2 Å². The number of hydrogen-bond donors (Lipinski definition) is 2. The number of sulfonamides is 1. The molecule has 4 rings (SSSR count). The van der Waals surface area contributed by atoms with Crippen molar-refractivity contribution in [3.63, 3.8) is 0 Å². The van der Waals surface area contributed by atoms with Gasteiger partial charge in [0.25, 0.3) is 0 Å². The highest BCUT2D eigenvalue weighted by atomic mass is 32.2. The third-order valence-electron chi connectivity index (χ3n) is 5.22. The Morgan fingerprint density at radius 2 is 2.03 bits per heavy atom. The van der Waals surface area contributed by atoms with Gasteiger partial charge in [-0.15, -0.1) is 0 Å². The lowest BCUT2D eigenvalue weighted by molar-refractivity contribution is -0.120. The van der Waals surface area contributed by atoms with Crippen molar-refractivity contribution < 1.29 is 22.4 Å². The molecule has 1 atom stereocenters. The average Bonchev–Trinajstić information content (AvgIpc) is 3.14. The molecule has 9 nitrogen and oxygen atoms in total. The molecule has 2 aromatic carbocycles. The molecule has 164 valence electrons.